The van der Waals surface area contributed by atoms with Gasteiger partial charge in [0.25, 0.3) is 0 Å². The second kappa shape index (κ2) is 5.17. The van der Waals surface area contributed by atoms with Crippen molar-refractivity contribution in [3.05, 3.63) is 5.82 Å². The Morgan fingerprint density at radius 1 is 1.46 bits per heavy atom. The van der Waals surface area contributed by atoms with E-state index >= 15 is 0 Å². The summed E-state index contributed by atoms with van der Waals surface area (Å²) >= 11 is 1.46. The number of rotatable bonds is 5. The maximum absolute atomic E-state index is 4.38. The highest BCUT2D eigenvalue weighted by Crippen LogP contribution is 2.13. The molecule has 0 amide bonds. The third-order valence-electron chi connectivity index (χ3n) is 1.63. The first-order chi connectivity index (χ1) is 6.22. The third kappa shape index (κ3) is 3.72. The maximum atomic E-state index is 4.38. The predicted molar refractivity (Wildman–Crippen MR) is 57.3 cm³/mol. The average molecular weight is 199 g/mol. The van der Waals surface area contributed by atoms with E-state index < -0.39 is 0 Å². The Hall–Kier alpha value is -0.640. The lowest BCUT2D eigenvalue weighted by Gasteiger charge is -2.03. The lowest BCUT2D eigenvalue weighted by Crippen LogP contribution is -2.09. The molecule has 0 aliphatic carbocycles. The Bertz CT molecular complexity index is 245. The van der Waals surface area contributed by atoms with Gasteiger partial charge >= 0.3 is 0 Å². The van der Waals surface area contributed by atoms with Gasteiger partial charge in [-0.2, -0.15) is 4.37 Å². The number of nitrogens with one attached hydrogen (secondary N) is 1. The fourth-order valence-corrected chi connectivity index (χ4v) is 1.75. The molecule has 1 aromatic heterocycles. The van der Waals surface area contributed by atoms with Crippen LogP contribution in [0.2, 0.25) is 0 Å². The molecule has 1 heterocycles. The van der Waals surface area contributed by atoms with Gasteiger partial charge in [-0.25, -0.2) is 4.98 Å². The first kappa shape index (κ1) is 10.4. The topological polar surface area (TPSA) is 37.8 Å². The molecule has 1 aromatic rings. The number of hydrogen-bond donors (Lipinski definition) is 1. The van der Waals surface area contributed by atoms with Crippen LogP contribution >= 0.6 is 11.5 Å². The van der Waals surface area contributed by atoms with Crippen LogP contribution in [-0.2, 0) is 6.42 Å². The van der Waals surface area contributed by atoms with Crippen molar-refractivity contribution >= 4 is 16.7 Å². The minimum Gasteiger partial charge on any atom is -0.358 e. The van der Waals surface area contributed by atoms with E-state index in [0.717, 1.165) is 17.4 Å². The number of hydrogen-bond acceptors (Lipinski definition) is 4. The molecule has 4 heteroatoms. The number of anilines is 1. The Morgan fingerprint density at radius 2 is 2.23 bits per heavy atom. The third-order valence-corrected chi connectivity index (χ3v) is 2.32. The second-order valence-electron chi connectivity index (χ2n) is 3.42. The first-order valence-corrected chi connectivity index (χ1v) is 5.58. The maximum Gasteiger partial charge on any atom is 0.202 e. The van der Waals surface area contributed by atoms with E-state index in [-0.39, 0.29) is 0 Å². The molecule has 74 valence electrons. The van der Waals surface area contributed by atoms with E-state index in [9.17, 15) is 0 Å². The van der Waals surface area contributed by atoms with Gasteiger partial charge in [0.1, 0.15) is 5.82 Å². The van der Waals surface area contributed by atoms with Gasteiger partial charge in [0.2, 0.25) is 5.13 Å². The van der Waals surface area contributed by atoms with Crippen molar-refractivity contribution in [2.45, 2.75) is 46.1 Å². The minimum absolute atomic E-state index is 0.437. The summed E-state index contributed by atoms with van der Waals surface area (Å²) in [7, 11) is 0. The van der Waals surface area contributed by atoms with Crippen molar-refractivity contribution in [1.82, 2.24) is 9.36 Å². The molecular weight excluding hydrogens is 182 g/mol. The van der Waals surface area contributed by atoms with E-state index in [1.54, 1.807) is 0 Å². The molecule has 0 radical (unpaired) electrons. The lowest BCUT2D eigenvalue weighted by atomic mass is 10.2. The Labute approximate surface area is 83.8 Å². The molecule has 0 bridgehead atoms. The number of aryl methyl sites for hydroxylation is 1. The van der Waals surface area contributed by atoms with Gasteiger partial charge in [-0.3, -0.25) is 0 Å². The molecule has 0 fully saturated rings. The van der Waals surface area contributed by atoms with E-state index in [1.807, 2.05) is 0 Å². The molecule has 13 heavy (non-hydrogen) atoms. The first-order valence-electron chi connectivity index (χ1n) is 4.81. The molecule has 0 saturated carbocycles. The molecule has 1 N–H and O–H groups in total. The molecule has 0 atom stereocenters. The fourth-order valence-electron chi connectivity index (χ4n) is 0.996. The zero-order valence-electron chi connectivity index (χ0n) is 8.50. The summed E-state index contributed by atoms with van der Waals surface area (Å²) in [5.41, 5.74) is 0. The van der Waals surface area contributed by atoms with Gasteiger partial charge in [-0.05, 0) is 20.3 Å². The monoisotopic (exact) mass is 199 g/mol. The summed E-state index contributed by atoms with van der Waals surface area (Å²) in [5.74, 6) is 0.981. The molecular formula is C9H17N3S. The molecule has 3 nitrogen and oxygen atoms in total. The predicted octanol–water partition coefficient (Wildman–Crippen LogP) is 2.70. The Balaban J connectivity index is 2.44. The molecule has 0 aliphatic heterocycles. The standard InChI is InChI=1S/C9H17N3S/c1-4-5-6-8-11-9(13-12-8)10-7(2)3/h7H,4-6H2,1-3H3,(H,10,11,12). The summed E-state index contributed by atoms with van der Waals surface area (Å²) in [5, 5.41) is 4.19. The van der Waals surface area contributed by atoms with Crippen LogP contribution in [0.3, 0.4) is 0 Å². The molecule has 1 rings (SSSR count). The van der Waals surface area contributed by atoms with E-state index in [2.05, 4.69) is 35.4 Å². The van der Waals surface area contributed by atoms with Crippen LogP contribution in [0.15, 0.2) is 0 Å². The highest BCUT2D eigenvalue weighted by Gasteiger charge is 2.03. The van der Waals surface area contributed by atoms with Crippen molar-refractivity contribution in [2.24, 2.45) is 0 Å². The van der Waals surface area contributed by atoms with Crippen LogP contribution in [0.1, 0.15) is 39.4 Å². The molecule has 0 aliphatic rings. The quantitative estimate of drug-likeness (QED) is 0.792. The summed E-state index contributed by atoms with van der Waals surface area (Å²) < 4.78 is 4.27. The second-order valence-corrected chi connectivity index (χ2v) is 4.17. The van der Waals surface area contributed by atoms with Crippen LogP contribution < -0.4 is 5.32 Å². The van der Waals surface area contributed by atoms with Crippen LogP contribution in [0, 0.1) is 0 Å². The zero-order valence-corrected chi connectivity index (χ0v) is 9.32. The molecule has 0 saturated heterocycles. The van der Waals surface area contributed by atoms with Gasteiger partial charge in [-0.15, -0.1) is 0 Å². The van der Waals surface area contributed by atoms with Crippen molar-refractivity contribution in [2.75, 3.05) is 5.32 Å². The Morgan fingerprint density at radius 3 is 2.85 bits per heavy atom. The zero-order chi connectivity index (χ0) is 9.68. The van der Waals surface area contributed by atoms with Crippen molar-refractivity contribution in [1.29, 1.82) is 0 Å². The van der Waals surface area contributed by atoms with E-state index in [4.69, 9.17) is 0 Å². The number of unbranched alkanes of at least 4 members (excludes halogenated alkanes) is 1. The largest absolute Gasteiger partial charge is 0.358 e. The summed E-state index contributed by atoms with van der Waals surface area (Å²) in [4.78, 5) is 4.38. The SMILES string of the molecule is CCCCc1nsc(NC(C)C)n1. The lowest BCUT2D eigenvalue weighted by molar-refractivity contribution is 0.764. The summed E-state index contributed by atoms with van der Waals surface area (Å²) in [6.45, 7) is 6.39. The van der Waals surface area contributed by atoms with Crippen molar-refractivity contribution < 1.29 is 0 Å². The van der Waals surface area contributed by atoms with Gasteiger partial charge in [-0.1, -0.05) is 13.3 Å². The van der Waals surface area contributed by atoms with Crippen molar-refractivity contribution in [3.63, 3.8) is 0 Å². The average Bonchev–Trinajstić information content (AvgIpc) is 2.48. The highest BCUT2D eigenvalue weighted by molar-refractivity contribution is 7.09. The fraction of sp³-hybridized carbons (Fsp3) is 0.778. The van der Waals surface area contributed by atoms with E-state index in [0.29, 0.717) is 6.04 Å². The van der Waals surface area contributed by atoms with Crippen LogP contribution in [0.5, 0.6) is 0 Å². The normalized spacial score (nSPS) is 10.8. The van der Waals surface area contributed by atoms with Gasteiger partial charge in [0, 0.05) is 24.0 Å². The summed E-state index contributed by atoms with van der Waals surface area (Å²) in [6, 6.07) is 0.437. The minimum atomic E-state index is 0.437. The number of nitrogens with zero attached hydrogens (tertiary/aromatic N) is 2. The van der Waals surface area contributed by atoms with Gasteiger partial charge in [0.05, 0.1) is 0 Å². The highest BCUT2D eigenvalue weighted by atomic mass is 32.1. The molecule has 0 spiro atoms. The van der Waals surface area contributed by atoms with E-state index in [1.165, 1.54) is 24.4 Å². The van der Waals surface area contributed by atoms with Crippen LogP contribution in [-0.4, -0.2) is 15.4 Å². The summed E-state index contributed by atoms with van der Waals surface area (Å²) in [6.07, 6.45) is 3.39. The Kier molecular flexibility index (Phi) is 4.15. The molecule has 0 aromatic carbocycles. The van der Waals surface area contributed by atoms with Gasteiger partial charge < -0.3 is 5.32 Å². The van der Waals surface area contributed by atoms with Crippen molar-refractivity contribution in [3.8, 4) is 0 Å². The smallest absolute Gasteiger partial charge is 0.202 e. The van der Waals surface area contributed by atoms with Gasteiger partial charge in [0.15, 0.2) is 0 Å². The van der Waals surface area contributed by atoms with Crippen LogP contribution in [0.25, 0.3) is 0 Å². The number of aromatic nitrogens is 2. The van der Waals surface area contributed by atoms with Crippen LogP contribution in [0.4, 0.5) is 5.13 Å². The molecule has 0 unspecified atom stereocenters.